The van der Waals surface area contributed by atoms with Gasteiger partial charge in [0.2, 0.25) is 0 Å². The number of hydrogen-bond donors (Lipinski definition) is 2. The number of aryl methyl sites for hydroxylation is 2. The number of aromatic nitrogens is 2. The van der Waals surface area contributed by atoms with E-state index >= 15 is 0 Å². The van der Waals surface area contributed by atoms with Crippen LogP contribution in [0, 0.1) is 19.7 Å². The van der Waals surface area contributed by atoms with Crippen LogP contribution in [0.2, 0.25) is 0 Å². The maximum Gasteiger partial charge on any atom is 0.131 e. The van der Waals surface area contributed by atoms with Gasteiger partial charge in [0.05, 0.1) is 18.8 Å². The molecule has 0 aliphatic carbocycles. The van der Waals surface area contributed by atoms with Crippen molar-refractivity contribution >= 4 is 0 Å². The summed E-state index contributed by atoms with van der Waals surface area (Å²) in [7, 11) is 3.40. The molecular formula is C15H21FN4O. The van der Waals surface area contributed by atoms with Crippen LogP contribution in [0.25, 0.3) is 0 Å². The Morgan fingerprint density at radius 1 is 1.43 bits per heavy atom. The standard InChI is InChI=1S/C15H21FN4O/c1-9-13(10(2)20(3)19-9)8-15(18-17)12-6-5-11(21-4)7-14(12)16/h5-7,15,18H,8,17H2,1-4H3. The highest BCUT2D eigenvalue weighted by molar-refractivity contribution is 5.33. The number of halogens is 1. The summed E-state index contributed by atoms with van der Waals surface area (Å²) in [6.07, 6.45) is 0.575. The highest BCUT2D eigenvalue weighted by atomic mass is 19.1. The lowest BCUT2D eigenvalue weighted by Crippen LogP contribution is -2.30. The maximum atomic E-state index is 14.2. The lowest BCUT2D eigenvalue weighted by molar-refractivity contribution is 0.409. The Balaban J connectivity index is 2.32. The van der Waals surface area contributed by atoms with Gasteiger partial charge in [-0.2, -0.15) is 5.10 Å². The Hall–Kier alpha value is -1.92. The normalized spacial score (nSPS) is 12.5. The van der Waals surface area contributed by atoms with Crippen molar-refractivity contribution < 1.29 is 9.13 Å². The molecule has 21 heavy (non-hydrogen) atoms. The van der Waals surface area contributed by atoms with E-state index in [-0.39, 0.29) is 11.9 Å². The molecule has 2 rings (SSSR count). The summed E-state index contributed by atoms with van der Waals surface area (Å²) < 4.78 is 21.0. The van der Waals surface area contributed by atoms with Crippen molar-refractivity contribution in [2.45, 2.75) is 26.3 Å². The molecule has 5 nitrogen and oxygen atoms in total. The highest BCUT2D eigenvalue weighted by Crippen LogP contribution is 2.26. The molecule has 2 aromatic rings. The third-order valence-corrected chi connectivity index (χ3v) is 3.85. The van der Waals surface area contributed by atoms with Crippen molar-refractivity contribution in [2.75, 3.05) is 7.11 Å². The van der Waals surface area contributed by atoms with Gasteiger partial charge in [0.1, 0.15) is 11.6 Å². The molecule has 1 aromatic carbocycles. The fraction of sp³-hybridized carbons (Fsp3) is 0.400. The fourth-order valence-electron chi connectivity index (χ4n) is 2.49. The van der Waals surface area contributed by atoms with E-state index in [4.69, 9.17) is 10.6 Å². The molecule has 1 unspecified atom stereocenters. The van der Waals surface area contributed by atoms with Crippen LogP contribution in [0.15, 0.2) is 18.2 Å². The van der Waals surface area contributed by atoms with E-state index < -0.39 is 0 Å². The summed E-state index contributed by atoms with van der Waals surface area (Å²) in [6, 6.07) is 4.46. The minimum absolute atomic E-state index is 0.322. The summed E-state index contributed by atoms with van der Waals surface area (Å²) in [4.78, 5) is 0. The minimum atomic E-state index is -0.337. The smallest absolute Gasteiger partial charge is 0.131 e. The van der Waals surface area contributed by atoms with E-state index in [0.29, 0.717) is 17.7 Å². The first-order valence-electron chi connectivity index (χ1n) is 6.76. The van der Waals surface area contributed by atoms with Gasteiger partial charge >= 0.3 is 0 Å². The van der Waals surface area contributed by atoms with Gasteiger partial charge in [0.25, 0.3) is 0 Å². The molecule has 0 aliphatic heterocycles. The van der Waals surface area contributed by atoms with Crippen LogP contribution in [0.1, 0.15) is 28.6 Å². The second kappa shape index (κ2) is 6.24. The van der Waals surface area contributed by atoms with Crippen LogP contribution in [0.3, 0.4) is 0 Å². The lowest BCUT2D eigenvalue weighted by atomic mass is 9.97. The van der Waals surface area contributed by atoms with Crippen LogP contribution in [-0.4, -0.2) is 16.9 Å². The third kappa shape index (κ3) is 3.06. The summed E-state index contributed by atoms with van der Waals surface area (Å²) >= 11 is 0. The van der Waals surface area contributed by atoms with Crippen LogP contribution >= 0.6 is 0 Å². The largest absolute Gasteiger partial charge is 0.497 e. The van der Waals surface area contributed by atoms with Crippen molar-refractivity contribution in [2.24, 2.45) is 12.9 Å². The summed E-state index contributed by atoms with van der Waals surface area (Å²) in [6.45, 7) is 3.94. The zero-order valence-electron chi connectivity index (χ0n) is 12.8. The highest BCUT2D eigenvalue weighted by Gasteiger charge is 2.19. The molecule has 0 amide bonds. The van der Waals surface area contributed by atoms with Gasteiger partial charge in [-0.15, -0.1) is 0 Å². The van der Waals surface area contributed by atoms with Crippen molar-refractivity contribution in [3.63, 3.8) is 0 Å². The first-order valence-corrected chi connectivity index (χ1v) is 6.76. The molecule has 0 radical (unpaired) electrons. The van der Waals surface area contributed by atoms with Crippen molar-refractivity contribution in [1.29, 1.82) is 0 Å². The van der Waals surface area contributed by atoms with Gasteiger partial charge in [0.15, 0.2) is 0 Å². The molecule has 0 saturated heterocycles. The predicted molar refractivity (Wildman–Crippen MR) is 79.4 cm³/mol. The Bertz CT molecular complexity index is 639. The quantitative estimate of drug-likeness (QED) is 0.653. The lowest BCUT2D eigenvalue weighted by Gasteiger charge is -2.18. The van der Waals surface area contributed by atoms with Gasteiger partial charge in [-0.05, 0) is 31.9 Å². The molecule has 0 saturated carbocycles. The first kappa shape index (κ1) is 15.5. The molecule has 0 aliphatic rings. The van der Waals surface area contributed by atoms with E-state index in [0.717, 1.165) is 17.0 Å². The Morgan fingerprint density at radius 2 is 2.14 bits per heavy atom. The van der Waals surface area contributed by atoms with Gasteiger partial charge in [-0.3, -0.25) is 16.0 Å². The van der Waals surface area contributed by atoms with Crippen LogP contribution in [0.5, 0.6) is 5.75 Å². The molecule has 1 aromatic heterocycles. The molecule has 114 valence electrons. The van der Waals surface area contributed by atoms with Gasteiger partial charge in [-0.25, -0.2) is 4.39 Å². The minimum Gasteiger partial charge on any atom is -0.497 e. The van der Waals surface area contributed by atoms with E-state index in [1.54, 1.807) is 12.1 Å². The summed E-state index contributed by atoms with van der Waals surface area (Å²) in [5.74, 6) is 5.77. The van der Waals surface area contributed by atoms with Crippen molar-refractivity contribution in [3.8, 4) is 5.75 Å². The number of hydrogen-bond acceptors (Lipinski definition) is 4. The number of nitrogens with zero attached hydrogens (tertiary/aromatic N) is 2. The Labute approximate surface area is 123 Å². The second-order valence-electron chi connectivity index (χ2n) is 5.08. The predicted octanol–water partition coefficient (Wildman–Crippen LogP) is 1.93. The van der Waals surface area contributed by atoms with Gasteiger partial charge in [-0.1, -0.05) is 6.07 Å². The first-order chi connectivity index (χ1) is 9.97. The summed E-state index contributed by atoms with van der Waals surface area (Å²) in [5.41, 5.74) is 6.28. The molecule has 0 fully saturated rings. The number of hydrazine groups is 1. The molecule has 0 bridgehead atoms. The molecule has 3 N–H and O–H groups in total. The average molecular weight is 292 g/mol. The van der Waals surface area contributed by atoms with E-state index in [2.05, 4.69) is 10.5 Å². The van der Waals surface area contributed by atoms with E-state index in [1.807, 2.05) is 25.6 Å². The number of nitrogens with two attached hydrogens (primary N) is 1. The molecular weight excluding hydrogens is 271 g/mol. The van der Waals surface area contributed by atoms with Gasteiger partial charge < -0.3 is 4.74 Å². The van der Waals surface area contributed by atoms with E-state index in [9.17, 15) is 4.39 Å². The van der Waals surface area contributed by atoms with Gasteiger partial charge in [0, 0.05) is 24.4 Å². The monoisotopic (exact) mass is 292 g/mol. The van der Waals surface area contributed by atoms with E-state index in [1.165, 1.54) is 13.2 Å². The second-order valence-corrected chi connectivity index (χ2v) is 5.08. The average Bonchev–Trinajstić information content (AvgIpc) is 2.70. The third-order valence-electron chi connectivity index (χ3n) is 3.85. The zero-order valence-corrected chi connectivity index (χ0v) is 12.8. The Kier molecular flexibility index (Phi) is 4.59. The number of ether oxygens (including phenoxy) is 1. The molecule has 6 heteroatoms. The van der Waals surface area contributed by atoms with Crippen LogP contribution in [-0.2, 0) is 13.5 Å². The van der Waals surface area contributed by atoms with Crippen molar-refractivity contribution in [1.82, 2.24) is 15.2 Å². The fourth-order valence-corrected chi connectivity index (χ4v) is 2.49. The molecule has 0 spiro atoms. The summed E-state index contributed by atoms with van der Waals surface area (Å²) in [5, 5.41) is 4.38. The number of benzene rings is 1. The number of rotatable bonds is 5. The number of methoxy groups -OCH3 is 1. The van der Waals surface area contributed by atoms with Crippen molar-refractivity contribution in [3.05, 3.63) is 46.5 Å². The Morgan fingerprint density at radius 3 is 2.62 bits per heavy atom. The maximum absolute atomic E-state index is 14.2. The molecule has 1 atom stereocenters. The van der Waals surface area contributed by atoms with Crippen LogP contribution < -0.4 is 16.0 Å². The topological polar surface area (TPSA) is 65.1 Å². The number of nitrogens with one attached hydrogen (secondary N) is 1. The molecule has 1 heterocycles. The zero-order chi connectivity index (χ0) is 15.6. The SMILES string of the molecule is COc1ccc(C(Cc2c(C)nn(C)c2C)NN)c(F)c1. The van der Waals surface area contributed by atoms with Crippen LogP contribution in [0.4, 0.5) is 4.39 Å².